The predicted molar refractivity (Wildman–Crippen MR) is 139 cm³/mol. The standard InChI is InChI=1S/C23H27ClF3N5OS2/c1-3-32(34-2)16-5-4-15(19(24)11-16)10-20(33)30-6-8-31(9-7-30)21-18-12-17(13-23(25,26)27)35-22(18)29-14-28-21/h4-5,11-12,14,18,22H,3,6-10,13H2,1-2H3. The molecule has 0 spiro atoms. The molecule has 1 aromatic carbocycles. The number of nitrogens with zero attached hydrogens (tertiary/aromatic N) is 5. The van der Waals surface area contributed by atoms with Crippen LogP contribution in [0, 0.1) is 5.92 Å². The summed E-state index contributed by atoms with van der Waals surface area (Å²) >= 11 is 9.25. The summed E-state index contributed by atoms with van der Waals surface area (Å²) in [6, 6.07) is 5.77. The fraction of sp³-hybridized carbons (Fsp3) is 0.522. The van der Waals surface area contributed by atoms with Crippen molar-refractivity contribution in [2.24, 2.45) is 15.9 Å². The average molecular weight is 546 g/mol. The van der Waals surface area contributed by atoms with Crippen LogP contribution >= 0.6 is 35.3 Å². The molecule has 3 aliphatic rings. The molecular formula is C23H27ClF3N5OS2. The molecule has 2 unspecified atom stereocenters. The van der Waals surface area contributed by atoms with Crippen LogP contribution in [-0.2, 0) is 11.2 Å². The first kappa shape index (κ1) is 26.2. The van der Waals surface area contributed by atoms with E-state index < -0.39 is 12.6 Å². The monoisotopic (exact) mass is 545 g/mol. The van der Waals surface area contributed by atoms with Crippen LogP contribution in [0.25, 0.3) is 0 Å². The van der Waals surface area contributed by atoms with Gasteiger partial charge in [0.05, 0.1) is 18.8 Å². The topological polar surface area (TPSA) is 51.5 Å². The van der Waals surface area contributed by atoms with Gasteiger partial charge in [-0.15, -0.1) is 11.8 Å². The fourth-order valence-corrected chi connectivity index (χ4v) is 6.49. The van der Waals surface area contributed by atoms with Crippen molar-refractivity contribution in [3.63, 3.8) is 0 Å². The van der Waals surface area contributed by atoms with Gasteiger partial charge in [0.1, 0.15) is 17.5 Å². The lowest BCUT2D eigenvalue weighted by Gasteiger charge is -2.39. The zero-order chi connectivity index (χ0) is 25.2. The van der Waals surface area contributed by atoms with Crippen molar-refractivity contribution in [2.75, 3.05) is 43.3 Å². The van der Waals surface area contributed by atoms with E-state index in [1.54, 1.807) is 18.0 Å². The van der Waals surface area contributed by atoms with E-state index in [9.17, 15) is 18.0 Å². The van der Waals surface area contributed by atoms with Crippen molar-refractivity contribution < 1.29 is 18.0 Å². The number of thioether (sulfide) groups is 1. The summed E-state index contributed by atoms with van der Waals surface area (Å²) in [5.41, 5.74) is 1.79. The summed E-state index contributed by atoms with van der Waals surface area (Å²) in [4.78, 5) is 25.8. The number of amides is 1. The number of anilines is 1. The van der Waals surface area contributed by atoms with Crippen LogP contribution in [0.2, 0.25) is 5.02 Å². The largest absolute Gasteiger partial charge is 0.393 e. The van der Waals surface area contributed by atoms with Gasteiger partial charge in [-0.2, -0.15) is 13.2 Å². The van der Waals surface area contributed by atoms with Crippen molar-refractivity contribution in [1.29, 1.82) is 0 Å². The first-order chi connectivity index (χ1) is 16.7. The number of piperazine rings is 1. The molecule has 12 heteroatoms. The number of allylic oxidation sites excluding steroid dienone is 1. The van der Waals surface area contributed by atoms with E-state index >= 15 is 0 Å². The van der Waals surface area contributed by atoms with Gasteiger partial charge in [-0.25, -0.2) is 4.99 Å². The molecule has 35 heavy (non-hydrogen) atoms. The molecule has 0 N–H and O–H groups in total. The minimum atomic E-state index is -4.24. The van der Waals surface area contributed by atoms with Gasteiger partial charge in [-0.1, -0.05) is 35.7 Å². The number of halogens is 4. The highest BCUT2D eigenvalue weighted by Crippen LogP contribution is 2.44. The molecule has 0 aromatic heterocycles. The third-order valence-electron chi connectivity index (χ3n) is 6.15. The second kappa shape index (κ2) is 11.0. The van der Waals surface area contributed by atoms with E-state index in [1.807, 2.05) is 29.4 Å². The minimum absolute atomic E-state index is 0.00492. The third kappa shape index (κ3) is 6.29. The van der Waals surface area contributed by atoms with E-state index in [-0.39, 0.29) is 28.5 Å². The molecule has 0 saturated carbocycles. The Bertz CT molecular complexity index is 1040. The Morgan fingerprint density at radius 2 is 2.03 bits per heavy atom. The maximum atomic E-state index is 13.0. The molecule has 1 amide bonds. The first-order valence-electron chi connectivity index (χ1n) is 11.3. The van der Waals surface area contributed by atoms with Crippen LogP contribution in [0.5, 0.6) is 0 Å². The zero-order valence-electron chi connectivity index (χ0n) is 19.5. The number of hydrogen-bond donors (Lipinski definition) is 0. The minimum Gasteiger partial charge on any atom is -0.356 e. The summed E-state index contributed by atoms with van der Waals surface area (Å²) in [5.74, 6) is 0.464. The van der Waals surface area contributed by atoms with Gasteiger partial charge in [-0.3, -0.25) is 9.79 Å². The van der Waals surface area contributed by atoms with E-state index in [4.69, 9.17) is 11.6 Å². The van der Waals surface area contributed by atoms with Gasteiger partial charge in [0.15, 0.2) is 0 Å². The third-order valence-corrected chi connectivity index (χ3v) is 8.65. The number of rotatable bonds is 6. The Morgan fingerprint density at radius 1 is 1.29 bits per heavy atom. The number of benzene rings is 1. The average Bonchev–Trinajstić information content (AvgIpc) is 3.22. The second-order valence-corrected chi connectivity index (χ2v) is 10.9. The van der Waals surface area contributed by atoms with Gasteiger partial charge in [0.25, 0.3) is 0 Å². The van der Waals surface area contributed by atoms with Crippen molar-refractivity contribution >= 4 is 59.1 Å². The molecule has 0 bridgehead atoms. The van der Waals surface area contributed by atoms with Gasteiger partial charge < -0.3 is 14.1 Å². The highest BCUT2D eigenvalue weighted by Gasteiger charge is 2.40. The summed E-state index contributed by atoms with van der Waals surface area (Å²) in [5, 5.41) is 0.267. The van der Waals surface area contributed by atoms with E-state index in [0.717, 1.165) is 35.4 Å². The smallest absolute Gasteiger partial charge is 0.356 e. The SMILES string of the molecule is CCN(SC)c1ccc(CC(=O)N2CCN(C3=NC=NC4SC(CC(F)(F)F)=CC34)CC2)c(Cl)c1. The summed E-state index contributed by atoms with van der Waals surface area (Å²) < 4.78 is 40.6. The molecule has 0 aliphatic carbocycles. The van der Waals surface area contributed by atoms with Gasteiger partial charge >= 0.3 is 6.18 Å². The number of amidine groups is 1. The van der Waals surface area contributed by atoms with Crippen molar-refractivity contribution in [1.82, 2.24) is 9.80 Å². The number of carbonyl (C=O) groups excluding carboxylic acids is 1. The van der Waals surface area contributed by atoms with Crippen molar-refractivity contribution in [2.45, 2.75) is 31.3 Å². The highest BCUT2D eigenvalue weighted by molar-refractivity contribution is 8.04. The molecule has 2 atom stereocenters. The van der Waals surface area contributed by atoms with Crippen LogP contribution in [0.15, 0.2) is 39.2 Å². The maximum Gasteiger partial charge on any atom is 0.393 e. The quantitative estimate of drug-likeness (QED) is 0.466. The van der Waals surface area contributed by atoms with E-state index in [2.05, 4.69) is 26.1 Å². The first-order valence-corrected chi connectivity index (χ1v) is 13.8. The number of fused-ring (bicyclic) bond motifs is 1. The number of hydrogen-bond acceptors (Lipinski definition) is 7. The molecule has 1 aromatic rings. The van der Waals surface area contributed by atoms with E-state index in [0.29, 0.717) is 31.2 Å². The van der Waals surface area contributed by atoms with Gasteiger partial charge in [0.2, 0.25) is 5.91 Å². The molecule has 1 saturated heterocycles. The molecule has 4 rings (SSSR count). The lowest BCUT2D eigenvalue weighted by Crippen LogP contribution is -2.53. The van der Waals surface area contributed by atoms with Crippen molar-refractivity contribution in [3.8, 4) is 0 Å². The lowest BCUT2D eigenvalue weighted by molar-refractivity contribution is -0.131. The van der Waals surface area contributed by atoms with Crippen LogP contribution in [0.4, 0.5) is 18.9 Å². The van der Waals surface area contributed by atoms with Gasteiger partial charge in [0, 0.05) is 49.7 Å². The molecule has 6 nitrogen and oxygen atoms in total. The van der Waals surface area contributed by atoms with Crippen LogP contribution in [0.3, 0.4) is 0 Å². The van der Waals surface area contributed by atoms with Crippen LogP contribution < -0.4 is 4.31 Å². The second-order valence-electron chi connectivity index (χ2n) is 8.41. The molecule has 3 aliphatic heterocycles. The highest BCUT2D eigenvalue weighted by atomic mass is 35.5. The fourth-order valence-electron chi connectivity index (χ4n) is 4.42. The number of aliphatic imine (C=N–C) groups is 2. The molecule has 1 fully saturated rings. The maximum absolute atomic E-state index is 13.0. The predicted octanol–water partition coefficient (Wildman–Crippen LogP) is 5.10. The Kier molecular flexibility index (Phi) is 8.27. The Hall–Kier alpha value is -1.85. The lowest BCUT2D eigenvalue weighted by atomic mass is 10.0. The normalized spacial score (nSPS) is 22.1. The summed E-state index contributed by atoms with van der Waals surface area (Å²) in [6.45, 7) is 5.09. The Labute approximate surface area is 216 Å². The van der Waals surface area contributed by atoms with Crippen molar-refractivity contribution in [3.05, 3.63) is 39.8 Å². The molecule has 3 heterocycles. The van der Waals surface area contributed by atoms with Gasteiger partial charge in [-0.05, 0) is 29.5 Å². The van der Waals surface area contributed by atoms with Crippen LogP contribution in [-0.4, -0.2) is 78.4 Å². The van der Waals surface area contributed by atoms with Crippen LogP contribution in [0.1, 0.15) is 18.9 Å². The summed E-state index contributed by atoms with van der Waals surface area (Å²) in [6.07, 6.45) is 0.137. The zero-order valence-corrected chi connectivity index (χ0v) is 21.9. The number of alkyl halides is 3. The number of carbonyl (C=O) groups is 1. The Balaban J connectivity index is 1.34. The summed E-state index contributed by atoms with van der Waals surface area (Å²) in [7, 11) is 0. The molecular weight excluding hydrogens is 519 g/mol. The molecule has 190 valence electrons. The molecule has 0 radical (unpaired) electrons. The Morgan fingerprint density at radius 3 is 2.66 bits per heavy atom. The van der Waals surface area contributed by atoms with E-state index in [1.165, 1.54) is 6.34 Å².